The summed E-state index contributed by atoms with van der Waals surface area (Å²) in [5.41, 5.74) is 0. The van der Waals surface area contributed by atoms with E-state index in [4.69, 9.17) is 0 Å². The highest BCUT2D eigenvalue weighted by Gasteiger charge is 2.30. The van der Waals surface area contributed by atoms with E-state index in [1.807, 2.05) is 27.7 Å². The number of likely N-dealkylation sites (tertiary alicyclic amines) is 1. The van der Waals surface area contributed by atoms with Gasteiger partial charge in [-0.15, -0.1) is 0 Å². The van der Waals surface area contributed by atoms with Crippen LogP contribution in [-0.2, 0) is 0 Å². The Morgan fingerprint density at radius 2 is 1.44 bits per heavy atom. The second-order valence-electron chi connectivity index (χ2n) is 4.24. The standard InChI is InChI=1S/C11H23N.2C2H6/c1-5-10-8-7-9(3)12(4)11(10)6-2;2*1-2/h9-11H,5-8H2,1-4H3;2*1-2H3. The third kappa shape index (κ3) is 5.34. The Balaban J connectivity index is 0. The molecule has 1 rings (SSSR count). The van der Waals surface area contributed by atoms with Crippen LogP contribution in [0.4, 0.5) is 0 Å². The van der Waals surface area contributed by atoms with E-state index in [2.05, 4.69) is 32.7 Å². The van der Waals surface area contributed by atoms with Gasteiger partial charge in [-0.05, 0) is 39.2 Å². The van der Waals surface area contributed by atoms with Crippen LogP contribution in [0.2, 0.25) is 0 Å². The van der Waals surface area contributed by atoms with Crippen molar-refractivity contribution in [1.29, 1.82) is 0 Å². The third-order valence-electron chi connectivity index (χ3n) is 3.66. The third-order valence-corrected chi connectivity index (χ3v) is 3.66. The summed E-state index contributed by atoms with van der Waals surface area (Å²) < 4.78 is 0. The summed E-state index contributed by atoms with van der Waals surface area (Å²) in [7, 11) is 2.29. The summed E-state index contributed by atoms with van der Waals surface area (Å²) in [6, 6.07) is 1.65. The molecule has 0 radical (unpaired) electrons. The largest absolute Gasteiger partial charge is 0.300 e. The smallest absolute Gasteiger partial charge is 0.0121 e. The van der Waals surface area contributed by atoms with Crippen LogP contribution in [0, 0.1) is 5.92 Å². The van der Waals surface area contributed by atoms with Crippen molar-refractivity contribution in [3.05, 3.63) is 0 Å². The molecule has 1 nitrogen and oxygen atoms in total. The van der Waals surface area contributed by atoms with E-state index >= 15 is 0 Å². The minimum Gasteiger partial charge on any atom is -0.300 e. The number of piperidine rings is 1. The van der Waals surface area contributed by atoms with Gasteiger partial charge in [0.15, 0.2) is 0 Å². The molecule has 16 heavy (non-hydrogen) atoms. The number of nitrogens with zero attached hydrogens (tertiary/aromatic N) is 1. The Bertz CT molecular complexity index is 131. The predicted molar refractivity (Wildman–Crippen MR) is 77.0 cm³/mol. The second-order valence-corrected chi connectivity index (χ2v) is 4.24. The van der Waals surface area contributed by atoms with E-state index in [1.54, 1.807) is 0 Å². The Morgan fingerprint density at radius 3 is 1.81 bits per heavy atom. The molecule has 1 fully saturated rings. The fourth-order valence-corrected chi connectivity index (χ4v) is 2.61. The molecule has 1 heterocycles. The molecule has 0 N–H and O–H groups in total. The summed E-state index contributed by atoms with van der Waals surface area (Å²) in [6.45, 7) is 15.0. The van der Waals surface area contributed by atoms with Gasteiger partial charge in [-0.25, -0.2) is 0 Å². The molecule has 0 bridgehead atoms. The van der Waals surface area contributed by atoms with Gasteiger partial charge in [-0.3, -0.25) is 0 Å². The summed E-state index contributed by atoms with van der Waals surface area (Å²) in [6.07, 6.45) is 5.51. The molecule has 1 aliphatic rings. The molecular weight excluding hydrogens is 194 g/mol. The highest BCUT2D eigenvalue weighted by Crippen LogP contribution is 2.30. The molecule has 3 atom stereocenters. The molecule has 1 heteroatoms. The minimum absolute atomic E-state index is 0.803. The maximum absolute atomic E-state index is 2.58. The lowest BCUT2D eigenvalue weighted by molar-refractivity contribution is 0.0683. The fraction of sp³-hybridized carbons (Fsp3) is 1.00. The molecule has 0 spiro atoms. The minimum atomic E-state index is 0.803. The van der Waals surface area contributed by atoms with Crippen molar-refractivity contribution < 1.29 is 0 Å². The highest BCUT2D eigenvalue weighted by molar-refractivity contribution is 4.84. The average molecular weight is 229 g/mol. The maximum Gasteiger partial charge on any atom is 0.0121 e. The summed E-state index contributed by atoms with van der Waals surface area (Å²) >= 11 is 0. The van der Waals surface area contributed by atoms with E-state index < -0.39 is 0 Å². The Hall–Kier alpha value is -0.0400. The molecule has 100 valence electrons. The van der Waals surface area contributed by atoms with E-state index in [0.717, 1.165) is 18.0 Å². The summed E-state index contributed by atoms with van der Waals surface area (Å²) in [5, 5.41) is 0. The van der Waals surface area contributed by atoms with Crippen LogP contribution in [0.5, 0.6) is 0 Å². The molecule has 0 aromatic rings. The van der Waals surface area contributed by atoms with Crippen LogP contribution in [0.1, 0.15) is 74.1 Å². The highest BCUT2D eigenvalue weighted by atomic mass is 15.2. The van der Waals surface area contributed by atoms with E-state index in [0.29, 0.717) is 0 Å². The second kappa shape index (κ2) is 11.4. The van der Waals surface area contributed by atoms with Gasteiger partial charge in [0.1, 0.15) is 0 Å². The molecule has 0 aliphatic carbocycles. The first-order valence-corrected chi connectivity index (χ1v) is 7.42. The molecule has 0 amide bonds. The zero-order valence-corrected chi connectivity index (χ0v) is 13.0. The van der Waals surface area contributed by atoms with Crippen molar-refractivity contribution in [1.82, 2.24) is 4.90 Å². The fourth-order valence-electron chi connectivity index (χ4n) is 2.61. The van der Waals surface area contributed by atoms with Crippen LogP contribution >= 0.6 is 0 Å². The van der Waals surface area contributed by atoms with Crippen molar-refractivity contribution in [2.45, 2.75) is 86.2 Å². The van der Waals surface area contributed by atoms with Crippen LogP contribution in [-0.4, -0.2) is 24.0 Å². The maximum atomic E-state index is 2.58. The van der Waals surface area contributed by atoms with Crippen molar-refractivity contribution in [2.75, 3.05) is 7.05 Å². The van der Waals surface area contributed by atoms with E-state index in [1.165, 1.54) is 25.7 Å². The van der Waals surface area contributed by atoms with Crippen molar-refractivity contribution >= 4 is 0 Å². The molecule has 3 unspecified atom stereocenters. The van der Waals surface area contributed by atoms with Gasteiger partial charge in [0, 0.05) is 12.1 Å². The number of rotatable bonds is 2. The van der Waals surface area contributed by atoms with Crippen LogP contribution < -0.4 is 0 Å². The van der Waals surface area contributed by atoms with E-state index in [-0.39, 0.29) is 0 Å². The van der Waals surface area contributed by atoms with Gasteiger partial charge in [-0.1, -0.05) is 48.0 Å². The first kappa shape index (κ1) is 18.3. The van der Waals surface area contributed by atoms with Crippen LogP contribution in [0.15, 0.2) is 0 Å². The van der Waals surface area contributed by atoms with Gasteiger partial charge in [0.25, 0.3) is 0 Å². The average Bonchev–Trinajstić information content (AvgIpc) is 2.37. The molecular formula is C15H35N. The Kier molecular flexibility index (Phi) is 13.1. The molecule has 0 saturated carbocycles. The molecule has 1 saturated heterocycles. The van der Waals surface area contributed by atoms with Crippen LogP contribution in [0.3, 0.4) is 0 Å². The van der Waals surface area contributed by atoms with Crippen molar-refractivity contribution in [3.8, 4) is 0 Å². The normalized spacial score (nSPS) is 29.6. The molecule has 0 aromatic heterocycles. The van der Waals surface area contributed by atoms with Gasteiger partial charge < -0.3 is 4.90 Å². The lowest BCUT2D eigenvalue weighted by Crippen LogP contribution is -2.46. The summed E-state index contributed by atoms with van der Waals surface area (Å²) in [5.74, 6) is 0.955. The van der Waals surface area contributed by atoms with Gasteiger partial charge >= 0.3 is 0 Å². The first-order chi connectivity index (χ1) is 7.70. The van der Waals surface area contributed by atoms with Gasteiger partial charge in [-0.2, -0.15) is 0 Å². The lowest BCUT2D eigenvalue weighted by Gasteiger charge is -2.42. The van der Waals surface area contributed by atoms with Gasteiger partial charge in [0.05, 0.1) is 0 Å². The van der Waals surface area contributed by atoms with Crippen LogP contribution in [0.25, 0.3) is 0 Å². The van der Waals surface area contributed by atoms with E-state index in [9.17, 15) is 0 Å². The molecule has 1 aliphatic heterocycles. The first-order valence-electron chi connectivity index (χ1n) is 7.42. The SMILES string of the molecule is CC.CC.CCC1CCC(C)N(C)C1CC. The lowest BCUT2D eigenvalue weighted by atomic mass is 9.83. The Morgan fingerprint density at radius 1 is 0.938 bits per heavy atom. The van der Waals surface area contributed by atoms with Crippen molar-refractivity contribution in [3.63, 3.8) is 0 Å². The van der Waals surface area contributed by atoms with Gasteiger partial charge in [0.2, 0.25) is 0 Å². The number of hydrogen-bond donors (Lipinski definition) is 0. The number of hydrogen-bond acceptors (Lipinski definition) is 1. The topological polar surface area (TPSA) is 3.24 Å². The summed E-state index contributed by atoms with van der Waals surface area (Å²) in [4.78, 5) is 2.58. The van der Waals surface area contributed by atoms with Crippen molar-refractivity contribution in [2.24, 2.45) is 5.92 Å². The zero-order valence-electron chi connectivity index (χ0n) is 13.0. The monoisotopic (exact) mass is 229 g/mol. The predicted octanol–water partition coefficient (Wildman–Crippen LogP) is 4.96. The Labute approximate surface area is 105 Å². The molecule has 0 aromatic carbocycles. The zero-order chi connectivity index (χ0) is 13.1. The quantitative estimate of drug-likeness (QED) is 0.647.